The van der Waals surface area contributed by atoms with Crippen LogP contribution >= 0.6 is 11.6 Å². The molecule has 0 saturated heterocycles. The average molecular weight is 331 g/mol. The fourth-order valence-electron chi connectivity index (χ4n) is 2.48. The third-order valence-corrected chi connectivity index (χ3v) is 4.52. The Labute approximate surface area is 143 Å². The number of benzene rings is 2. The van der Waals surface area contributed by atoms with E-state index in [2.05, 4.69) is 5.32 Å². The Hall–Kier alpha value is -2.00. The van der Waals surface area contributed by atoms with Crippen molar-refractivity contribution in [2.24, 2.45) is 0 Å². The summed E-state index contributed by atoms with van der Waals surface area (Å²) in [5.41, 5.74) is 1.55. The second kappa shape index (κ2) is 7.05. The SMILES string of the molecule is CC(c1ccccc1Cl)N(C)C(=O)NC(C)(C)c1ccccc1. The minimum atomic E-state index is -0.452. The van der Waals surface area contributed by atoms with Crippen LogP contribution < -0.4 is 5.32 Å². The number of carbonyl (C=O) groups excluding carboxylic acids is 1. The molecule has 0 heterocycles. The van der Waals surface area contributed by atoms with Crippen LogP contribution in [0.4, 0.5) is 4.79 Å². The summed E-state index contributed by atoms with van der Waals surface area (Å²) in [6.45, 7) is 5.96. The van der Waals surface area contributed by atoms with E-state index in [9.17, 15) is 4.79 Å². The molecule has 0 aliphatic rings. The second-order valence-electron chi connectivity index (χ2n) is 6.23. The van der Waals surface area contributed by atoms with Gasteiger partial charge in [0.25, 0.3) is 0 Å². The first-order valence-electron chi connectivity index (χ1n) is 7.68. The Morgan fingerprint density at radius 1 is 1.09 bits per heavy atom. The molecule has 0 radical (unpaired) electrons. The molecule has 2 rings (SSSR count). The lowest BCUT2D eigenvalue weighted by Crippen LogP contribution is -2.47. The largest absolute Gasteiger partial charge is 0.329 e. The summed E-state index contributed by atoms with van der Waals surface area (Å²) in [7, 11) is 1.78. The van der Waals surface area contributed by atoms with Gasteiger partial charge in [0.15, 0.2) is 0 Å². The Kier molecular flexibility index (Phi) is 5.32. The van der Waals surface area contributed by atoms with E-state index in [0.29, 0.717) is 5.02 Å². The Morgan fingerprint density at radius 2 is 1.65 bits per heavy atom. The molecule has 0 fully saturated rings. The van der Waals surface area contributed by atoms with Gasteiger partial charge in [0, 0.05) is 12.1 Å². The summed E-state index contributed by atoms with van der Waals surface area (Å²) in [5.74, 6) is 0. The van der Waals surface area contributed by atoms with Gasteiger partial charge in [-0.15, -0.1) is 0 Å². The first-order chi connectivity index (χ1) is 10.8. The number of amides is 2. The van der Waals surface area contributed by atoms with E-state index in [-0.39, 0.29) is 12.1 Å². The topological polar surface area (TPSA) is 32.3 Å². The molecule has 1 unspecified atom stereocenters. The van der Waals surface area contributed by atoms with E-state index in [1.165, 1.54) is 0 Å². The van der Waals surface area contributed by atoms with E-state index < -0.39 is 5.54 Å². The van der Waals surface area contributed by atoms with Crippen molar-refractivity contribution in [3.63, 3.8) is 0 Å². The van der Waals surface area contributed by atoms with Gasteiger partial charge in [0.1, 0.15) is 0 Å². The lowest BCUT2D eigenvalue weighted by atomic mass is 9.94. The summed E-state index contributed by atoms with van der Waals surface area (Å²) < 4.78 is 0. The Balaban J connectivity index is 2.12. The maximum Gasteiger partial charge on any atom is 0.318 e. The average Bonchev–Trinajstić information content (AvgIpc) is 2.54. The van der Waals surface area contributed by atoms with Crippen LogP contribution in [0.2, 0.25) is 5.02 Å². The molecule has 0 aromatic heterocycles. The molecule has 2 aromatic rings. The highest BCUT2D eigenvalue weighted by atomic mass is 35.5. The molecule has 23 heavy (non-hydrogen) atoms. The van der Waals surface area contributed by atoms with Gasteiger partial charge in [0.2, 0.25) is 0 Å². The van der Waals surface area contributed by atoms with Gasteiger partial charge >= 0.3 is 6.03 Å². The minimum Gasteiger partial charge on any atom is -0.329 e. The first kappa shape index (κ1) is 17.4. The highest BCUT2D eigenvalue weighted by Gasteiger charge is 2.26. The maximum absolute atomic E-state index is 12.6. The number of nitrogens with zero attached hydrogens (tertiary/aromatic N) is 1. The number of halogens is 1. The number of hydrogen-bond acceptors (Lipinski definition) is 1. The highest BCUT2D eigenvalue weighted by Crippen LogP contribution is 2.27. The van der Waals surface area contributed by atoms with Crippen molar-refractivity contribution in [2.75, 3.05) is 7.05 Å². The molecule has 0 aliphatic carbocycles. The molecule has 2 aromatic carbocycles. The monoisotopic (exact) mass is 330 g/mol. The fourth-order valence-corrected chi connectivity index (χ4v) is 2.77. The Bertz CT molecular complexity index is 670. The van der Waals surface area contributed by atoms with Crippen molar-refractivity contribution < 1.29 is 4.79 Å². The summed E-state index contributed by atoms with van der Waals surface area (Å²) >= 11 is 6.24. The molecule has 4 heteroatoms. The Morgan fingerprint density at radius 3 is 2.26 bits per heavy atom. The van der Waals surface area contributed by atoms with Crippen molar-refractivity contribution in [2.45, 2.75) is 32.4 Å². The molecule has 0 saturated carbocycles. The molecular formula is C19H23ClN2O. The van der Waals surface area contributed by atoms with Gasteiger partial charge in [0.05, 0.1) is 11.6 Å². The van der Waals surface area contributed by atoms with Crippen molar-refractivity contribution in [3.05, 3.63) is 70.7 Å². The summed E-state index contributed by atoms with van der Waals surface area (Å²) in [4.78, 5) is 14.3. The second-order valence-corrected chi connectivity index (χ2v) is 6.64. The molecule has 0 aliphatic heterocycles. The zero-order valence-corrected chi connectivity index (χ0v) is 14.8. The van der Waals surface area contributed by atoms with E-state index in [4.69, 9.17) is 11.6 Å². The highest BCUT2D eigenvalue weighted by molar-refractivity contribution is 6.31. The number of nitrogens with one attached hydrogen (secondary N) is 1. The quantitative estimate of drug-likeness (QED) is 0.842. The van der Waals surface area contributed by atoms with Crippen LogP contribution in [0.25, 0.3) is 0 Å². The third kappa shape index (κ3) is 4.05. The summed E-state index contributed by atoms with van der Waals surface area (Å²) in [5, 5.41) is 3.75. The molecule has 0 bridgehead atoms. The van der Waals surface area contributed by atoms with Crippen LogP contribution in [0.5, 0.6) is 0 Å². The molecule has 1 N–H and O–H groups in total. The molecule has 3 nitrogen and oxygen atoms in total. The number of carbonyl (C=O) groups is 1. The molecular weight excluding hydrogens is 308 g/mol. The van der Waals surface area contributed by atoms with Crippen molar-refractivity contribution in [1.29, 1.82) is 0 Å². The first-order valence-corrected chi connectivity index (χ1v) is 8.05. The van der Waals surface area contributed by atoms with Gasteiger partial charge in [-0.2, -0.15) is 0 Å². The smallest absolute Gasteiger partial charge is 0.318 e. The summed E-state index contributed by atoms with van der Waals surface area (Å²) in [6.07, 6.45) is 0. The standard InChI is InChI=1S/C19H23ClN2O/c1-14(16-12-8-9-13-17(16)20)22(4)18(23)21-19(2,3)15-10-6-5-7-11-15/h5-14H,1-4H3,(H,21,23). The van der Waals surface area contributed by atoms with Gasteiger partial charge in [-0.1, -0.05) is 60.1 Å². The maximum atomic E-state index is 12.6. The lowest BCUT2D eigenvalue weighted by molar-refractivity contribution is 0.183. The van der Waals surface area contributed by atoms with E-state index in [1.807, 2.05) is 75.4 Å². The van der Waals surface area contributed by atoms with Crippen LogP contribution in [-0.2, 0) is 5.54 Å². The molecule has 122 valence electrons. The molecule has 1 atom stereocenters. The van der Waals surface area contributed by atoms with Crippen LogP contribution in [0, 0.1) is 0 Å². The van der Waals surface area contributed by atoms with Crippen molar-refractivity contribution >= 4 is 17.6 Å². The van der Waals surface area contributed by atoms with Gasteiger partial charge in [-0.3, -0.25) is 0 Å². The van der Waals surface area contributed by atoms with Gasteiger partial charge in [-0.05, 0) is 38.0 Å². The van der Waals surface area contributed by atoms with Crippen molar-refractivity contribution in [3.8, 4) is 0 Å². The fraction of sp³-hybridized carbons (Fsp3) is 0.316. The predicted molar refractivity (Wildman–Crippen MR) is 95.6 cm³/mol. The number of urea groups is 1. The number of hydrogen-bond donors (Lipinski definition) is 1. The van der Waals surface area contributed by atoms with Crippen LogP contribution in [-0.4, -0.2) is 18.0 Å². The zero-order valence-electron chi connectivity index (χ0n) is 14.0. The number of rotatable bonds is 4. The lowest BCUT2D eigenvalue weighted by Gasteiger charge is -2.32. The van der Waals surface area contributed by atoms with Crippen molar-refractivity contribution in [1.82, 2.24) is 10.2 Å². The normalized spacial score (nSPS) is 12.6. The van der Waals surface area contributed by atoms with E-state index in [1.54, 1.807) is 11.9 Å². The van der Waals surface area contributed by atoms with Gasteiger partial charge < -0.3 is 10.2 Å². The van der Waals surface area contributed by atoms with Crippen LogP contribution in [0.3, 0.4) is 0 Å². The molecule has 0 spiro atoms. The summed E-state index contributed by atoms with van der Waals surface area (Å²) in [6, 6.07) is 17.3. The van der Waals surface area contributed by atoms with Crippen LogP contribution in [0.1, 0.15) is 37.9 Å². The zero-order chi connectivity index (χ0) is 17.0. The predicted octanol–water partition coefficient (Wildman–Crippen LogP) is 4.98. The third-order valence-electron chi connectivity index (χ3n) is 4.17. The van der Waals surface area contributed by atoms with Crippen LogP contribution in [0.15, 0.2) is 54.6 Å². The van der Waals surface area contributed by atoms with E-state index in [0.717, 1.165) is 11.1 Å². The van der Waals surface area contributed by atoms with Gasteiger partial charge in [-0.25, -0.2) is 4.79 Å². The van der Waals surface area contributed by atoms with E-state index >= 15 is 0 Å². The minimum absolute atomic E-state index is 0.115. The molecule has 2 amide bonds.